The maximum atomic E-state index is 12.8. The third-order valence-electron chi connectivity index (χ3n) is 6.07. The first-order valence-electron chi connectivity index (χ1n) is 10.3. The molecule has 1 amide bonds. The Morgan fingerprint density at radius 2 is 2.12 bits per heavy atom. The summed E-state index contributed by atoms with van der Waals surface area (Å²) in [5.41, 5.74) is 1.86. The minimum absolute atomic E-state index is 0.0887. The molecule has 1 N–H and O–H groups in total. The van der Waals surface area contributed by atoms with E-state index in [0.717, 1.165) is 5.56 Å². The number of nitrogens with one attached hydrogen (secondary N) is 1. The lowest BCUT2D eigenvalue weighted by molar-refractivity contribution is -0.123. The smallest absolute Gasteiger partial charge is 0.341 e. The molecule has 1 saturated carbocycles. The molecule has 0 unspecified atom stereocenters. The number of hydrogen-bond acceptors (Lipinski definition) is 7. The summed E-state index contributed by atoms with van der Waals surface area (Å²) in [5.74, 6) is -0.423. The number of rotatable bonds is 5. The maximum absolute atomic E-state index is 12.8. The standard InChI is InChI=1S/C23H20FN3O5/c24-13-31-16-3-1-2-15(10-16)19-12-30-22(26-19)27-20(28)14-4-7-23(8-5-14)18-6-9-25-11-17(18)21(29)32-23/h1-3,6,9-12,14H,4-5,7-8,13H2,(H,26,27,28). The van der Waals surface area contributed by atoms with Crippen LogP contribution in [0.4, 0.5) is 10.4 Å². The number of halogens is 1. The van der Waals surface area contributed by atoms with Crippen LogP contribution in [0, 0.1) is 5.92 Å². The molecule has 0 bridgehead atoms. The number of aromatic nitrogens is 2. The summed E-state index contributed by atoms with van der Waals surface area (Å²) >= 11 is 0. The van der Waals surface area contributed by atoms with Crippen molar-refractivity contribution in [2.45, 2.75) is 31.3 Å². The van der Waals surface area contributed by atoms with E-state index in [1.165, 1.54) is 12.5 Å². The second-order valence-electron chi connectivity index (χ2n) is 7.89. The van der Waals surface area contributed by atoms with E-state index in [1.54, 1.807) is 30.5 Å². The highest BCUT2D eigenvalue weighted by molar-refractivity contribution is 5.94. The predicted octanol–water partition coefficient (Wildman–Crippen LogP) is 4.24. The number of hydrogen-bond donors (Lipinski definition) is 1. The lowest BCUT2D eigenvalue weighted by Gasteiger charge is -2.35. The third-order valence-corrected chi connectivity index (χ3v) is 6.07. The van der Waals surface area contributed by atoms with Crippen molar-refractivity contribution < 1.29 is 27.9 Å². The lowest BCUT2D eigenvalue weighted by Crippen LogP contribution is -2.36. The molecule has 2 aromatic heterocycles. The number of benzene rings is 1. The molecule has 1 spiro atoms. The fourth-order valence-corrected chi connectivity index (χ4v) is 4.44. The normalized spacial score (nSPS) is 21.8. The number of ether oxygens (including phenoxy) is 2. The number of carbonyl (C=O) groups is 2. The van der Waals surface area contributed by atoms with Crippen LogP contribution in [0.5, 0.6) is 5.75 Å². The zero-order valence-electron chi connectivity index (χ0n) is 17.0. The number of pyridine rings is 1. The fourth-order valence-electron chi connectivity index (χ4n) is 4.44. The number of alkyl halides is 1. The van der Waals surface area contributed by atoms with E-state index < -0.39 is 12.5 Å². The first kappa shape index (κ1) is 20.2. The van der Waals surface area contributed by atoms with Crippen molar-refractivity contribution in [2.75, 3.05) is 12.2 Å². The highest BCUT2D eigenvalue weighted by Crippen LogP contribution is 2.48. The van der Waals surface area contributed by atoms with Gasteiger partial charge in [0.15, 0.2) is 0 Å². The van der Waals surface area contributed by atoms with Gasteiger partial charge in [0.25, 0.3) is 0 Å². The summed E-state index contributed by atoms with van der Waals surface area (Å²) in [6.45, 7) is -0.923. The number of esters is 1. The van der Waals surface area contributed by atoms with E-state index in [4.69, 9.17) is 13.9 Å². The largest absolute Gasteiger partial charge is 0.463 e. The van der Waals surface area contributed by atoms with Gasteiger partial charge in [-0.15, -0.1) is 0 Å². The molecule has 3 aromatic rings. The number of nitrogens with zero attached hydrogens (tertiary/aromatic N) is 2. The van der Waals surface area contributed by atoms with E-state index in [2.05, 4.69) is 15.3 Å². The summed E-state index contributed by atoms with van der Waals surface area (Å²) < 4.78 is 28.4. The minimum Gasteiger partial charge on any atom is -0.463 e. The number of anilines is 1. The molecule has 164 valence electrons. The number of carbonyl (C=O) groups excluding carboxylic acids is 2. The van der Waals surface area contributed by atoms with Crippen LogP contribution in [-0.4, -0.2) is 28.7 Å². The van der Waals surface area contributed by atoms with Crippen molar-refractivity contribution in [1.29, 1.82) is 0 Å². The van der Waals surface area contributed by atoms with Crippen molar-refractivity contribution in [2.24, 2.45) is 5.92 Å². The summed E-state index contributed by atoms with van der Waals surface area (Å²) in [4.78, 5) is 33.3. The van der Waals surface area contributed by atoms with Crippen molar-refractivity contribution in [3.8, 4) is 17.0 Å². The van der Waals surface area contributed by atoms with Crippen LogP contribution in [0.1, 0.15) is 41.6 Å². The highest BCUT2D eigenvalue weighted by atomic mass is 19.1. The van der Waals surface area contributed by atoms with Crippen molar-refractivity contribution in [3.05, 3.63) is 60.1 Å². The molecule has 8 nitrogen and oxygen atoms in total. The molecule has 2 aliphatic rings. The Hall–Kier alpha value is -3.75. The number of oxazole rings is 1. The van der Waals surface area contributed by atoms with Gasteiger partial charge in [-0.25, -0.2) is 9.18 Å². The Balaban J connectivity index is 1.23. The molecule has 0 atom stereocenters. The van der Waals surface area contributed by atoms with E-state index in [9.17, 15) is 14.0 Å². The first-order chi connectivity index (χ1) is 15.6. The predicted molar refractivity (Wildman–Crippen MR) is 110 cm³/mol. The van der Waals surface area contributed by atoms with Gasteiger partial charge in [0.05, 0.1) is 5.56 Å². The van der Waals surface area contributed by atoms with Crippen LogP contribution in [-0.2, 0) is 15.1 Å². The Morgan fingerprint density at radius 1 is 1.28 bits per heavy atom. The van der Waals surface area contributed by atoms with Gasteiger partial charge in [-0.05, 0) is 43.9 Å². The quantitative estimate of drug-likeness (QED) is 0.596. The van der Waals surface area contributed by atoms with Crippen LogP contribution in [0.15, 0.2) is 53.4 Å². The monoisotopic (exact) mass is 437 g/mol. The molecule has 1 aromatic carbocycles. The van der Waals surface area contributed by atoms with Crippen LogP contribution < -0.4 is 10.1 Å². The van der Waals surface area contributed by atoms with E-state index in [0.29, 0.717) is 48.3 Å². The average Bonchev–Trinajstić information content (AvgIpc) is 3.38. The Labute approximate surface area is 182 Å². The third kappa shape index (κ3) is 3.59. The Morgan fingerprint density at radius 3 is 2.94 bits per heavy atom. The first-order valence-corrected chi connectivity index (χ1v) is 10.3. The van der Waals surface area contributed by atoms with Crippen LogP contribution in [0.3, 0.4) is 0 Å². The Kier molecular flexibility index (Phi) is 5.08. The SMILES string of the molecule is O=C1OC2(CCC(C(=O)Nc3nc(-c4cccc(OCF)c4)co3)CC2)c2ccncc21. The van der Waals surface area contributed by atoms with Gasteiger partial charge in [0, 0.05) is 29.4 Å². The van der Waals surface area contributed by atoms with Gasteiger partial charge in [0.2, 0.25) is 12.8 Å². The molecule has 1 aliphatic heterocycles. The highest BCUT2D eigenvalue weighted by Gasteiger charge is 2.48. The molecule has 1 fully saturated rings. The van der Waals surface area contributed by atoms with Crippen LogP contribution >= 0.6 is 0 Å². The molecule has 0 radical (unpaired) electrons. The molecule has 1 aliphatic carbocycles. The molecule has 9 heteroatoms. The topological polar surface area (TPSA) is 104 Å². The van der Waals surface area contributed by atoms with E-state index >= 15 is 0 Å². The van der Waals surface area contributed by atoms with Gasteiger partial charge in [0.1, 0.15) is 23.3 Å². The zero-order valence-corrected chi connectivity index (χ0v) is 17.0. The van der Waals surface area contributed by atoms with Gasteiger partial charge >= 0.3 is 12.0 Å². The maximum Gasteiger partial charge on any atom is 0.341 e. The average molecular weight is 437 g/mol. The minimum atomic E-state index is -0.923. The van der Waals surface area contributed by atoms with Gasteiger partial charge in [-0.2, -0.15) is 4.98 Å². The van der Waals surface area contributed by atoms with Gasteiger partial charge in [-0.3, -0.25) is 15.1 Å². The molecule has 32 heavy (non-hydrogen) atoms. The summed E-state index contributed by atoms with van der Waals surface area (Å²) in [6, 6.07) is 8.69. The summed E-state index contributed by atoms with van der Waals surface area (Å²) in [7, 11) is 0. The second kappa shape index (κ2) is 8.07. The second-order valence-corrected chi connectivity index (χ2v) is 7.89. The Bertz CT molecular complexity index is 1170. The zero-order chi connectivity index (χ0) is 22.1. The number of fused-ring (bicyclic) bond motifs is 2. The summed E-state index contributed by atoms with van der Waals surface area (Å²) in [5, 5.41) is 2.72. The van der Waals surface area contributed by atoms with Crippen molar-refractivity contribution in [1.82, 2.24) is 9.97 Å². The van der Waals surface area contributed by atoms with E-state index in [-0.39, 0.29) is 23.8 Å². The van der Waals surface area contributed by atoms with E-state index in [1.807, 2.05) is 6.07 Å². The lowest BCUT2D eigenvalue weighted by atomic mass is 9.75. The summed E-state index contributed by atoms with van der Waals surface area (Å²) in [6.07, 6.45) is 6.86. The molecule has 0 saturated heterocycles. The molecular weight excluding hydrogens is 417 g/mol. The van der Waals surface area contributed by atoms with Crippen LogP contribution in [0.25, 0.3) is 11.3 Å². The van der Waals surface area contributed by atoms with Crippen LogP contribution in [0.2, 0.25) is 0 Å². The van der Waals surface area contributed by atoms with Gasteiger partial charge < -0.3 is 13.9 Å². The fraction of sp³-hybridized carbons (Fsp3) is 0.304. The van der Waals surface area contributed by atoms with Crippen molar-refractivity contribution >= 4 is 17.9 Å². The molecule has 5 rings (SSSR count). The van der Waals surface area contributed by atoms with Crippen molar-refractivity contribution in [3.63, 3.8) is 0 Å². The molecular formula is C23H20FN3O5. The molecule has 3 heterocycles. The number of amides is 1. The van der Waals surface area contributed by atoms with Gasteiger partial charge in [-0.1, -0.05) is 12.1 Å².